The Morgan fingerprint density at radius 2 is 2.54 bits per heavy atom. The first kappa shape index (κ1) is 9.73. The quantitative estimate of drug-likeness (QED) is 0.654. The third-order valence-electron chi connectivity index (χ3n) is 1.64. The molecule has 0 fully saturated rings. The predicted molar refractivity (Wildman–Crippen MR) is 48.7 cm³/mol. The van der Waals surface area contributed by atoms with Gasteiger partial charge in [0.15, 0.2) is 0 Å². The van der Waals surface area contributed by atoms with Gasteiger partial charge in [-0.3, -0.25) is 9.48 Å². The first-order chi connectivity index (χ1) is 6.09. The van der Waals surface area contributed by atoms with Crippen molar-refractivity contribution in [3.8, 4) is 0 Å². The molecular weight excluding hydrogens is 168 g/mol. The van der Waals surface area contributed by atoms with Crippen molar-refractivity contribution < 1.29 is 4.79 Å². The second kappa shape index (κ2) is 4.04. The molecule has 0 radical (unpaired) electrons. The van der Waals surface area contributed by atoms with E-state index in [9.17, 15) is 4.79 Å². The summed E-state index contributed by atoms with van der Waals surface area (Å²) in [6.45, 7) is 2.13. The van der Waals surface area contributed by atoms with Crippen molar-refractivity contribution in [2.24, 2.45) is 12.8 Å². The van der Waals surface area contributed by atoms with Gasteiger partial charge in [-0.1, -0.05) is 0 Å². The third-order valence-corrected chi connectivity index (χ3v) is 1.64. The van der Waals surface area contributed by atoms with Crippen molar-refractivity contribution in [3.05, 3.63) is 18.0 Å². The maximum atomic E-state index is 11.1. The van der Waals surface area contributed by atoms with Gasteiger partial charge < -0.3 is 11.1 Å². The van der Waals surface area contributed by atoms with E-state index >= 15 is 0 Å². The highest BCUT2D eigenvalue weighted by Crippen LogP contribution is 1.94. The second-order valence-corrected chi connectivity index (χ2v) is 3.03. The summed E-state index contributed by atoms with van der Waals surface area (Å²) in [4.78, 5) is 11.1. The van der Waals surface area contributed by atoms with Crippen molar-refractivity contribution >= 4 is 5.91 Å². The molecule has 1 rings (SSSR count). The van der Waals surface area contributed by atoms with Crippen LogP contribution in [0.1, 0.15) is 12.5 Å². The maximum absolute atomic E-state index is 11.1. The summed E-state index contributed by atoms with van der Waals surface area (Å²) in [7, 11) is 1.83. The van der Waals surface area contributed by atoms with Gasteiger partial charge in [0.25, 0.3) is 0 Å². The highest BCUT2D eigenvalue weighted by atomic mass is 16.2. The van der Waals surface area contributed by atoms with Crippen LogP contribution >= 0.6 is 0 Å². The smallest absolute Gasteiger partial charge is 0.236 e. The van der Waals surface area contributed by atoms with Crippen molar-refractivity contribution in [1.29, 1.82) is 0 Å². The van der Waals surface area contributed by atoms with Crippen LogP contribution in [-0.2, 0) is 18.4 Å². The van der Waals surface area contributed by atoms with E-state index in [0.29, 0.717) is 6.54 Å². The Balaban J connectivity index is 2.39. The monoisotopic (exact) mass is 182 g/mol. The predicted octanol–water partition coefficient (Wildman–Crippen LogP) is -0.616. The number of nitrogens with two attached hydrogens (primary N) is 1. The van der Waals surface area contributed by atoms with Gasteiger partial charge in [0.05, 0.1) is 12.2 Å². The van der Waals surface area contributed by atoms with Gasteiger partial charge in [-0.25, -0.2) is 0 Å². The first-order valence-corrected chi connectivity index (χ1v) is 4.10. The summed E-state index contributed by atoms with van der Waals surface area (Å²) in [6.07, 6.45) is 3.56. The zero-order valence-electron chi connectivity index (χ0n) is 7.82. The molecule has 0 bridgehead atoms. The largest absolute Gasteiger partial charge is 0.351 e. The molecule has 0 unspecified atom stereocenters. The summed E-state index contributed by atoms with van der Waals surface area (Å²) in [6, 6.07) is -0.461. The molecule has 1 atom stereocenters. The minimum absolute atomic E-state index is 0.149. The van der Waals surface area contributed by atoms with Crippen LogP contribution in [0, 0.1) is 0 Å². The molecule has 5 heteroatoms. The molecule has 0 spiro atoms. The summed E-state index contributed by atoms with van der Waals surface area (Å²) in [5.41, 5.74) is 6.34. The number of nitrogens with one attached hydrogen (secondary N) is 1. The molecule has 0 aliphatic carbocycles. The molecule has 0 aliphatic rings. The van der Waals surface area contributed by atoms with Gasteiger partial charge in [-0.2, -0.15) is 5.10 Å². The molecular formula is C8H14N4O. The van der Waals surface area contributed by atoms with Crippen LogP contribution in [0.4, 0.5) is 0 Å². The highest BCUT2D eigenvalue weighted by molar-refractivity contribution is 5.80. The number of hydrogen-bond acceptors (Lipinski definition) is 3. The Bertz CT molecular complexity index is 292. The van der Waals surface area contributed by atoms with Crippen molar-refractivity contribution in [2.45, 2.75) is 19.5 Å². The van der Waals surface area contributed by atoms with Crippen LogP contribution in [0.5, 0.6) is 0 Å². The molecule has 0 aromatic carbocycles. The molecule has 13 heavy (non-hydrogen) atoms. The fourth-order valence-electron chi connectivity index (χ4n) is 0.913. The number of nitrogens with zero attached hydrogens (tertiary/aromatic N) is 2. The Kier molecular flexibility index (Phi) is 3.02. The number of carbonyl (C=O) groups is 1. The summed E-state index contributed by atoms with van der Waals surface area (Å²) in [5.74, 6) is -0.149. The normalized spacial score (nSPS) is 12.5. The number of rotatable bonds is 3. The standard InChI is InChI=1S/C8H14N4O/c1-6(9)8(13)10-3-7-4-11-12(2)5-7/h4-6H,3,9H2,1-2H3,(H,10,13)/t6-/m0/s1. The average Bonchev–Trinajstić information content (AvgIpc) is 2.47. The van der Waals surface area contributed by atoms with E-state index in [4.69, 9.17) is 5.73 Å². The van der Waals surface area contributed by atoms with Gasteiger partial charge in [0, 0.05) is 25.4 Å². The van der Waals surface area contributed by atoms with Crippen molar-refractivity contribution in [2.75, 3.05) is 0 Å². The van der Waals surface area contributed by atoms with Crippen LogP contribution in [0.3, 0.4) is 0 Å². The molecule has 1 amide bonds. The van der Waals surface area contributed by atoms with Crippen LogP contribution in [0.2, 0.25) is 0 Å². The van der Waals surface area contributed by atoms with E-state index in [1.807, 2.05) is 13.2 Å². The van der Waals surface area contributed by atoms with Crippen molar-refractivity contribution in [1.82, 2.24) is 15.1 Å². The Labute approximate surface area is 76.9 Å². The van der Waals surface area contributed by atoms with Crippen LogP contribution < -0.4 is 11.1 Å². The molecule has 72 valence electrons. The summed E-state index contributed by atoms with van der Waals surface area (Å²) < 4.78 is 1.69. The van der Waals surface area contributed by atoms with E-state index in [2.05, 4.69) is 10.4 Å². The molecule has 0 aliphatic heterocycles. The lowest BCUT2D eigenvalue weighted by Crippen LogP contribution is -2.37. The molecule has 5 nitrogen and oxygen atoms in total. The molecule has 1 heterocycles. The summed E-state index contributed by atoms with van der Waals surface area (Å²) >= 11 is 0. The molecule has 1 aromatic rings. The fourth-order valence-corrected chi connectivity index (χ4v) is 0.913. The highest BCUT2D eigenvalue weighted by Gasteiger charge is 2.06. The lowest BCUT2D eigenvalue weighted by Gasteiger charge is -2.05. The van der Waals surface area contributed by atoms with Gasteiger partial charge in [-0.15, -0.1) is 0 Å². The van der Waals surface area contributed by atoms with Gasteiger partial charge in [0.1, 0.15) is 0 Å². The second-order valence-electron chi connectivity index (χ2n) is 3.03. The Morgan fingerprint density at radius 3 is 3.00 bits per heavy atom. The maximum Gasteiger partial charge on any atom is 0.236 e. The van der Waals surface area contributed by atoms with E-state index in [1.54, 1.807) is 17.8 Å². The number of carbonyl (C=O) groups excluding carboxylic acids is 1. The van der Waals surface area contributed by atoms with Gasteiger partial charge >= 0.3 is 0 Å². The molecule has 0 saturated carbocycles. The average molecular weight is 182 g/mol. The van der Waals surface area contributed by atoms with E-state index in [0.717, 1.165) is 5.56 Å². The number of hydrogen-bond donors (Lipinski definition) is 2. The zero-order chi connectivity index (χ0) is 9.84. The SMILES string of the molecule is C[C@H](N)C(=O)NCc1cnn(C)c1. The lowest BCUT2D eigenvalue weighted by atomic mass is 10.3. The number of aromatic nitrogens is 2. The van der Waals surface area contributed by atoms with E-state index in [1.165, 1.54) is 0 Å². The van der Waals surface area contributed by atoms with E-state index < -0.39 is 6.04 Å². The minimum atomic E-state index is -0.461. The zero-order valence-corrected chi connectivity index (χ0v) is 7.82. The molecule has 1 aromatic heterocycles. The summed E-state index contributed by atoms with van der Waals surface area (Å²) in [5, 5.41) is 6.67. The fraction of sp³-hybridized carbons (Fsp3) is 0.500. The van der Waals surface area contributed by atoms with E-state index in [-0.39, 0.29) is 5.91 Å². The topological polar surface area (TPSA) is 72.9 Å². The Morgan fingerprint density at radius 1 is 1.85 bits per heavy atom. The first-order valence-electron chi connectivity index (χ1n) is 4.10. The lowest BCUT2D eigenvalue weighted by molar-refractivity contribution is -0.122. The van der Waals surface area contributed by atoms with Gasteiger partial charge in [-0.05, 0) is 6.92 Å². The molecule has 3 N–H and O–H groups in total. The van der Waals surface area contributed by atoms with Gasteiger partial charge in [0.2, 0.25) is 5.91 Å². The third kappa shape index (κ3) is 2.87. The molecule has 0 saturated heterocycles. The Hall–Kier alpha value is -1.36. The van der Waals surface area contributed by atoms with Crippen LogP contribution in [0.25, 0.3) is 0 Å². The van der Waals surface area contributed by atoms with Crippen LogP contribution in [0.15, 0.2) is 12.4 Å². The number of aryl methyl sites for hydroxylation is 1. The minimum Gasteiger partial charge on any atom is -0.351 e. The van der Waals surface area contributed by atoms with Crippen LogP contribution in [-0.4, -0.2) is 21.7 Å². The van der Waals surface area contributed by atoms with Crippen molar-refractivity contribution in [3.63, 3.8) is 0 Å². The number of amides is 1.